The van der Waals surface area contributed by atoms with E-state index in [-0.39, 0.29) is 53.2 Å². The number of hydrogen-bond acceptors (Lipinski definition) is 9. The van der Waals surface area contributed by atoms with Gasteiger partial charge in [0.25, 0.3) is 0 Å². The molecule has 0 radical (unpaired) electrons. The van der Waals surface area contributed by atoms with Gasteiger partial charge in [0.05, 0.1) is 24.6 Å². The molecule has 2 heterocycles. The maximum absolute atomic E-state index is 14.5. The molecule has 1 saturated carbocycles. The SMILES string of the molecule is COCCOc1cc2c(cc1-c1cc(NC(=O)OCC(C)C)c(C(=O)O)s1)S(=O)(=O)N(C)[C@H](C1CCCCC1)CN2c1ccccc1. The van der Waals surface area contributed by atoms with Crippen LogP contribution in [0.3, 0.4) is 0 Å². The van der Waals surface area contributed by atoms with Crippen LogP contribution in [0.4, 0.5) is 21.9 Å². The third kappa shape index (κ3) is 7.75. The molecule has 2 N–H and O–H groups in total. The number of anilines is 3. The lowest BCUT2D eigenvalue weighted by Crippen LogP contribution is -2.46. The topological polar surface area (TPSA) is 135 Å². The zero-order chi connectivity index (χ0) is 33.7. The van der Waals surface area contributed by atoms with Gasteiger partial charge in [-0.15, -0.1) is 11.3 Å². The van der Waals surface area contributed by atoms with Crippen LogP contribution >= 0.6 is 11.3 Å². The van der Waals surface area contributed by atoms with Gasteiger partial charge in [0, 0.05) is 48.9 Å². The van der Waals surface area contributed by atoms with Crippen LogP contribution in [0.2, 0.25) is 0 Å². The zero-order valence-electron chi connectivity index (χ0n) is 27.2. The number of thiophene rings is 1. The first kappa shape index (κ1) is 34.7. The quantitative estimate of drug-likeness (QED) is 0.203. The van der Waals surface area contributed by atoms with Crippen LogP contribution in [0.15, 0.2) is 53.4 Å². The number of nitrogens with zero attached hydrogens (tertiary/aromatic N) is 2. The first-order valence-electron chi connectivity index (χ1n) is 15.9. The van der Waals surface area contributed by atoms with Crippen molar-refractivity contribution in [1.29, 1.82) is 0 Å². The van der Waals surface area contributed by atoms with Gasteiger partial charge in [-0.2, -0.15) is 4.31 Å². The fourth-order valence-corrected chi connectivity index (χ4v) is 8.81. The smallest absolute Gasteiger partial charge is 0.411 e. The summed E-state index contributed by atoms with van der Waals surface area (Å²) in [6, 6.07) is 14.3. The molecule has 13 heteroatoms. The summed E-state index contributed by atoms with van der Waals surface area (Å²) in [5.74, 6) is -0.574. The normalized spacial score (nSPS) is 18.4. The van der Waals surface area contributed by atoms with Gasteiger partial charge < -0.3 is 24.2 Å². The highest BCUT2D eigenvalue weighted by molar-refractivity contribution is 7.89. The lowest BCUT2D eigenvalue weighted by molar-refractivity contribution is 0.0703. The summed E-state index contributed by atoms with van der Waals surface area (Å²) in [4.78, 5) is 27.2. The van der Waals surface area contributed by atoms with Gasteiger partial charge in [0.1, 0.15) is 22.1 Å². The largest absolute Gasteiger partial charge is 0.490 e. The van der Waals surface area contributed by atoms with E-state index in [2.05, 4.69) is 10.2 Å². The van der Waals surface area contributed by atoms with E-state index in [9.17, 15) is 23.1 Å². The van der Waals surface area contributed by atoms with Gasteiger partial charge in [-0.05, 0) is 48.9 Å². The maximum Gasteiger partial charge on any atom is 0.411 e. The van der Waals surface area contributed by atoms with E-state index >= 15 is 0 Å². The second kappa shape index (κ2) is 15.1. The molecule has 0 saturated heterocycles. The third-order valence-corrected chi connectivity index (χ3v) is 11.7. The van der Waals surface area contributed by atoms with Crippen LogP contribution in [0.1, 0.15) is 55.6 Å². The summed E-state index contributed by atoms with van der Waals surface area (Å²) in [6.07, 6.45) is 4.44. The number of rotatable bonds is 11. The number of carboxylic acid groups (broad SMARTS) is 1. The molecule has 254 valence electrons. The molecular weight excluding hydrogens is 643 g/mol. The molecule has 0 bridgehead atoms. The predicted molar refractivity (Wildman–Crippen MR) is 183 cm³/mol. The Morgan fingerprint density at radius 1 is 1.06 bits per heavy atom. The molecule has 47 heavy (non-hydrogen) atoms. The number of likely N-dealkylation sites (N-methyl/N-ethyl adjacent to an activating group) is 1. The average Bonchev–Trinajstić information content (AvgIpc) is 3.45. The van der Waals surface area contributed by atoms with Crippen molar-refractivity contribution in [3.05, 3.63) is 53.4 Å². The molecule has 1 aliphatic carbocycles. The molecule has 1 fully saturated rings. The summed E-state index contributed by atoms with van der Waals surface area (Å²) in [6.45, 7) is 4.87. The number of fused-ring (bicyclic) bond motifs is 1. The number of ether oxygens (including phenoxy) is 3. The van der Waals surface area contributed by atoms with Crippen molar-refractivity contribution in [3.8, 4) is 16.2 Å². The molecular formula is C34H43N3O8S2. The van der Waals surface area contributed by atoms with Gasteiger partial charge in [0.2, 0.25) is 10.0 Å². The summed E-state index contributed by atoms with van der Waals surface area (Å²) >= 11 is 0.915. The van der Waals surface area contributed by atoms with Gasteiger partial charge in [-0.3, -0.25) is 5.32 Å². The van der Waals surface area contributed by atoms with Crippen molar-refractivity contribution in [3.63, 3.8) is 0 Å². The highest BCUT2D eigenvalue weighted by Crippen LogP contribution is 2.47. The first-order chi connectivity index (χ1) is 22.5. The Morgan fingerprint density at radius 2 is 1.79 bits per heavy atom. The molecule has 1 amide bonds. The molecule has 3 aromatic rings. The molecule has 0 spiro atoms. The zero-order valence-corrected chi connectivity index (χ0v) is 28.9. The van der Waals surface area contributed by atoms with E-state index in [4.69, 9.17) is 14.2 Å². The number of amides is 1. The minimum Gasteiger partial charge on any atom is -0.490 e. The maximum atomic E-state index is 14.5. The Balaban J connectivity index is 1.67. The van der Waals surface area contributed by atoms with Crippen LogP contribution in [0, 0.1) is 11.8 Å². The van der Waals surface area contributed by atoms with Crippen molar-refractivity contribution in [1.82, 2.24) is 4.31 Å². The van der Waals surface area contributed by atoms with E-state index in [0.717, 1.165) is 49.1 Å². The number of carbonyl (C=O) groups is 2. The van der Waals surface area contributed by atoms with Gasteiger partial charge >= 0.3 is 12.1 Å². The summed E-state index contributed by atoms with van der Waals surface area (Å²) in [7, 11) is -0.796. The van der Waals surface area contributed by atoms with Crippen molar-refractivity contribution < 1.29 is 37.3 Å². The highest BCUT2D eigenvalue weighted by atomic mass is 32.2. The number of methoxy groups -OCH3 is 1. The Labute approximate surface area is 280 Å². The van der Waals surface area contributed by atoms with E-state index in [0.29, 0.717) is 28.4 Å². The Hall–Kier alpha value is -3.65. The van der Waals surface area contributed by atoms with Gasteiger partial charge in [-0.25, -0.2) is 18.0 Å². The Bertz CT molecular complexity index is 1670. The number of hydrogen-bond donors (Lipinski definition) is 2. The highest BCUT2D eigenvalue weighted by Gasteiger charge is 2.41. The molecule has 1 aromatic heterocycles. The molecule has 11 nitrogen and oxygen atoms in total. The minimum absolute atomic E-state index is 0.0484. The monoisotopic (exact) mass is 685 g/mol. The molecule has 1 atom stereocenters. The van der Waals surface area contributed by atoms with Crippen LogP contribution < -0.4 is 15.0 Å². The second-order valence-corrected chi connectivity index (χ2v) is 15.4. The van der Waals surface area contributed by atoms with Crippen molar-refractivity contribution in [2.45, 2.75) is 56.9 Å². The predicted octanol–water partition coefficient (Wildman–Crippen LogP) is 7.06. The van der Waals surface area contributed by atoms with Crippen molar-refractivity contribution in [2.75, 3.05) is 50.7 Å². The van der Waals surface area contributed by atoms with Gasteiger partial charge in [0.15, 0.2) is 0 Å². The summed E-state index contributed by atoms with van der Waals surface area (Å²) in [5, 5.41) is 12.6. The van der Waals surface area contributed by atoms with Crippen molar-refractivity contribution in [2.24, 2.45) is 11.8 Å². The molecule has 5 rings (SSSR count). The standard InChI is InChI=1S/C34H43N3O8S2/c1-22(2)21-45-34(40)35-26-18-30(46-32(26)33(38)39)25-17-31-27(19-29(25)44-16-15-43-4)37(24-13-9-6-10-14-24)20-28(36(3)47(31,41)42)23-11-7-5-8-12-23/h6,9-10,13-14,17-19,22-23,28H,5,7-8,11-12,15-16,20-21H2,1-4H3,(H,35,40)(H,38,39)/t28-/m0/s1. The number of carbonyl (C=O) groups excluding carboxylic acids is 1. The summed E-state index contributed by atoms with van der Waals surface area (Å²) < 4.78 is 47.2. The molecule has 1 aliphatic heterocycles. The molecule has 2 aromatic carbocycles. The van der Waals surface area contributed by atoms with Gasteiger partial charge in [-0.1, -0.05) is 51.3 Å². The lowest BCUT2D eigenvalue weighted by atomic mass is 9.83. The number of para-hydroxylation sites is 1. The minimum atomic E-state index is -4.01. The van der Waals surface area contributed by atoms with E-state index in [1.165, 1.54) is 10.4 Å². The molecule has 2 aliphatic rings. The van der Waals surface area contributed by atoms with Crippen molar-refractivity contribution >= 4 is 50.5 Å². The van der Waals surface area contributed by atoms with E-state index in [1.54, 1.807) is 26.3 Å². The Kier molecular flexibility index (Phi) is 11.1. The number of benzene rings is 2. The second-order valence-electron chi connectivity index (χ2n) is 12.4. The van der Waals surface area contributed by atoms with E-state index < -0.39 is 22.1 Å². The average molecular weight is 686 g/mol. The molecule has 0 unspecified atom stereocenters. The van der Waals surface area contributed by atoms with Crippen LogP contribution in [-0.2, 0) is 19.5 Å². The van der Waals surface area contributed by atoms with Crippen LogP contribution in [0.25, 0.3) is 10.4 Å². The number of carboxylic acids is 1. The first-order valence-corrected chi connectivity index (χ1v) is 18.2. The fourth-order valence-electron chi connectivity index (χ4n) is 6.23. The number of sulfonamides is 1. The third-order valence-electron chi connectivity index (χ3n) is 8.63. The Morgan fingerprint density at radius 3 is 2.45 bits per heavy atom. The lowest BCUT2D eigenvalue weighted by Gasteiger charge is -2.36. The fraction of sp³-hybridized carbons (Fsp3) is 0.471. The van der Waals surface area contributed by atoms with Crippen LogP contribution in [0.5, 0.6) is 5.75 Å². The number of aromatic carboxylic acids is 1. The number of nitrogens with one attached hydrogen (secondary N) is 1. The summed E-state index contributed by atoms with van der Waals surface area (Å²) in [5.41, 5.74) is 1.76. The van der Waals surface area contributed by atoms with Crippen LogP contribution in [-0.4, -0.2) is 76.5 Å². The van der Waals surface area contributed by atoms with E-state index in [1.807, 2.05) is 44.2 Å².